The van der Waals surface area contributed by atoms with Crippen molar-refractivity contribution < 1.29 is 0 Å². The predicted octanol–water partition coefficient (Wildman–Crippen LogP) is 7.50. The van der Waals surface area contributed by atoms with Crippen molar-refractivity contribution in [2.24, 2.45) is 0 Å². The van der Waals surface area contributed by atoms with Crippen LogP contribution in [0.25, 0.3) is 0 Å². The van der Waals surface area contributed by atoms with E-state index in [4.69, 9.17) is 0 Å². The Morgan fingerprint density at radius 1 is 0.325 bits per heavy atom. The molecule has 0 saturated heterocycles. The normalized spacial score (nSPS) is 11.0. The lowest BCUT2D eigenvalue weighted by atomic mass is 10.1. The quantitative estimate of drug-likeness (QED) is 0.164. The molecule has 40 heavy (non-hydrogen) atoms. The van der Waals surface area contributed by atoms with E-state index < -0.39 is 13.1 Å². The van der Waals surface area contributed by atoms with Gasteiger partial charge in [-0.15, -0.1) is 48.5 Å². The summed E-state index contributed by atoms with van der Waals surface area (Å²) >= 11 is -2.98. The van der Waals surface area contributed by atoms with Crippen molar-refractivity contribution in [3.8, 4) is 0 Å². The SMILES string of the molecule is Cc1cc(C)c[c]([Al-]([c]2cc(C)cc(C)c2)([c]2cc(C)cc(C)c2)[c]2cc(C)cc(C)c2)c1.c1ccc[cH+]cc1. The average Bonchev–Trinajstić information content (AvgIpc) is 3.16. The molecule has 0 unspecified atom stereocenters. The summed E-state index contributed by atoms with van der Waals surface area (Å²) in [6, 6.07) is 42.9. The van der Waals surface area contributed by atoms with Crippen LogP contribution < -0.4 is 17.7 Å². The van der Waals surface area contributed by atoms with E-state index in [2.05, 4.69) is 128 Å². The summed E-state index contributed by atoms with van der Waals surface area (Å²) in [5.41, 5.74) is 10.7. The van der Waals surface area contributed by atoms with E-state index in [1.165, 1.54) is 62.2 Å². The molecule has 0 aliphatic carbocycles. The smallest absolute Gasteiger partial charge is 0.217 e. The van der Waals surface area contributed by atoms with Gasteiger partial charge in [-0.3, -0.25) is 0 Å². The third-order valence-electron chi connectivity index (χ3n) is 7.75. The van der Waals surface area contributed by atoms with Crippen LogP contribution in [-0.2, 0) is 0 Å². The van der Waals surface area contributed by atoms with Crippen LogP contribution in [0, 0.1) is 55.4 Å². The summed E-state index contributed by atoms with van der Waals surface area (Å²) in [6.45, 7) is 17.9. The highest BCUT2D eigenvalue weighted by molar-refractivity contribution is 7.20. The van der Waals surface area contributed by atoms with Gasteiger partial charge in [0.15, 0.2) is 0 Å². The van der Waals surface area contributed by atoms with E-state index in [1.54, 1.807) is 0 Å². The second-order valence-corrected chi connectivity index (χ2v) is 16.3. The van der Waals surface area contributed by atoms with Gasteiger partial charge in [0, 0.05) is 42.5 Å². The van der Waals surface area contributed by atoms with Gasteiger partial charge in [-0.2, -0.15) is 0 Å². The Hall–Kier alpha value is -3.50. The molecular formula is C39H43Al. The molecule has 0 spiro atoms. The zero-order chi connectivity index (χ0) is 28.9. The number of hydrogen-bond donors (Lipinski definition) is 0. The molecule has 0 fully saturated rings. The minimum Gasteiger partial charge on any atom is -0.217 e. The van der Waals surface area contributed by atoms with Crippen LogP contribution in [0.15, 0.2) is 115 Å². The zero-order valence-electron chi connectivity index (χ0n) is 25.5. The lowest BCUT2D eigenvalue weighted by Gasteiger charge is -2.42. The summed E-state index contributed by atoms with van der Waals surface area (Å²) in [5, 5.41) is 0. The monoisotopic (exact) mass is 538 g/mol. The maximum absolute atomic E-state index is 2.98. The summed E-state index contributed by atoms with van der Waals surface area (Å²) in [7, 11) is 0. The Morgan fingerprint density at radius 3 is 0.775 bits per heavy atom. The Balaban J connectivity index is 0.000000461. The van der Waals surface area contributed by atoms with Crippen molar-refractivity contribution in [3.05, 3.63) is 160 Å². The molecule has 0 saturated carbocycles. The van der Waals surface area contributed by atoms with E-state index in [9.17, 15) is 0 Å². The van der Waals surface area contributed by atoms with Gasteiger partial charge in [0.05, 0.1) is 0 Å². The molecule has 5 rings (SSSR count). The standard InChI is InChI=1S/4C8H9.C7H7.Al/c4*1-7-4-3-5-8(2)6-7;1-2-4-6-7-5-3-1;/h4*4-6H,1-2H3;1-7H;/q;;;;+1;-1. The molecule has 0 N–H and O–H groups in total. The fourth-order valence-electron chi connectivity index (χ4n) is 6.64. The van der Waals surface area contributed by atoms with Gasteiger partial charge in [0.2, 0.25) is 0 Å². The molecule has 0 aliphatic heterocycles. The van der Waals surface area contributed by atoms with Crippen molar-refractivity contribution in [2.75, 3.05) is 0 Å². The summed E-state index contributed by atoms with van der Waals surface area (Å²) in [6.07, 6.45) is 0. The maximum atomic E-state index is 2.46. The highest BCUT2D eigenvalue weighted by Crippen LogP contribution is 2.17. The highest BCUT2D eigenvalue weighted by Gasteiger charge is 2.37. The van der Waals surface area contributed by atoms with E-state index in [0.29, 0.717) is 0 Å². The molecule has 0 atom stereocenters. The number of benzene rings is 4. The van der Waals surface area contributed by atoms with Crippen molar-refractivity contribution >= 4 is 30.8 Å². The summed E-state index contributed by atoms with van der Waals surface area (Å²) < 4.78 is 6.00. The number of hydrogen-bond acceptors (Lipinski definition) is 0. The van der Waals surface area contributed by atoms with Gasteiger partial charge in [0.1, 0.15) is 0 Å². The third kappa shape index (κ3) is 6.79. The lowest BCUT2D eigenvalue weighted by molar-refractivity contribution is 1.37. The zero-order valence-corrected chi connectivity index (χ0v) is 26.7. The molecule has 0 aromatic heterocycles. The highest BCUT2D eigenvalue weighted by atomic mass is 27.2. The molecule has 0 amide bonds. The van der Waals surface area contributed by atoms with Crippen LogP contribution >= 0.6 is 0 Å². The Bertz CT molecular complexity index is 1290. The Morgan fingerprint density at radius 2 is 0.550 bits per heavy atom. The topological polar surface area (TPSA) is 0 Å². The molecule has 0 aliphatic rings. The van der Waals surface area contributed by atoms with Crippen LogP contribution in [0.3, 0.4) is 0 Å². The largest absolute Gasteiger partial charge is 0.267 e. The fourth-order valence-corrected chi connectivity index (χ4v) is 13.1. The lowest BCUT2D eigenvalue weighted by Crippen LogP contribution is -2.75. The first-order valence-electron chi connectivity index (χ1n) is 14.4. The number of rotatable bonds is 4. The second-order valence-electron chi connectivity index (χ2n) is 11.9. The minimum absolute atomic E-state index is 1.34. The summed E-state index contributed by atoms with van der Waals surface area (Å²) in [5.74, 6) is 0. The van der Waals surface area contributed by atoms with Gasteiger partial charge in [0.25, 0.3) is 13.1 Å². The molecule has 0 nitrogen and oxygen atoms in total. The number of aryl methyl sites for hydroxylation is 8. The van der Waals surface area contributed by atoms with Crippen LogP contribution in [-0.4, -0.2) is 13.1 Å². The average molecular weight is 539 g/mol. The van der Waals surface area contributed by atoms with Crippen molar-refractivity contribution in [1.29, 1.82) is 0 Å². The van der Waals surface area contributed by atoms with Crippen LogP contribution in [0.1, 0.15) is 44.5 Å². The molecule has 0 heterocycles. The molecule has 5 aromatic rings. The molecular weight excluding hydrogens is 495 g/mol. The van der Waals surface area contributed by atoms with Crippen LogP contribution in [0.2, 0.25) is 0 Å². The molecule has 0 bridgehead atoms. The summed E-state index contributed by atoms with van der Waals surface area (Å²) in [4.78, 5) is 0. The van der Waals surface area contributed by atoms with Crippen molar-refractivity contribution in [1.82, 2.24) is 0 Å². The molecule has 202 valence electrons. The molecule has 0 radical (unpaired) electrons. The predicted molar refractivity (Wildman–Crippen MR) is 179 cm³/mol. The van der Waals surface area contributed by atoms with Gasteiger partial charge in [-0.05, 0) is 55.4 Å². The van der Waals surface area contributed by atoms with Gasteiger partial charge < -0.3 is 0 Å². The minimum atomic E-state index is -2.98. The van der Waals surface area contributed by atoms with Gasteiger partial charge >= 0.3 is 0 Å². The van der Waals surface area contributed by atoms with E-state index in [1.807, 2.05) is 42.5 Å². The first-order valence-corrected chi connectivity index (χ1v) is 16.7. The first-order chi connectivity index (χ1) is 19.1. The van der Waals surface area contributed by atoms with E-state index in [0.717, 1.165) is 0 Å². The Kier molecular flexibility index (Phi) is 9.42. The van der Waals surface area contributed by atoms with Crippen molar-refractivity contribution in [3.63, 3.8) is 0 Å². The molecule has 1 heteroatoms. The van der Waals surface area contributed by atoms with E-state index >= 15 is 0 Å². The van der Waals surface area contributed by atoms with Crippen LogP contribution in [0.5, 0.6) is 0 Å². The first kappa shape index (κ1) is 29.5. The van der Waals surface area contributed by atoms with E-state index in [-0.39, 0.29) is 0 Å². The molecule has 5 aromatic carbocycles. The second kappa shape index (κ2) is 12.8. The maximum Gasteiger partial charge on any atom is 0.267 e. The van der Waals surface area contributed by atoms with Crippen LogP contribution in [0.4, 0.5) is 0 Å². The van der Waals surface area contributed by atoms with Gasteiger partial charge in [-0.25, -0.2) is 17.7 Å². The fraction of sp³-hybridized carbons (Fsp3) is 0.205. The third-order valence-corrected chi connectivity index (χ3v) is 13.1. The van der Waals surface area contributed by atoms with Crippen molar-refractivity contribution in [2.45, 2.75) is 55.4 Å². The Labute approximate surface area is 245 Å². The van der Waals surface area contributed by atoms with Gasteiger partial charge in [-0.1, -0.05) is 68.8 Å².